The van der Waals surface area contributed by atoms with Gasteiger partial charge in [0.1, 0.15) is 11.5 Å². The molecule has 0 bridgehead atoms. The number of hydrogen-bond acceptors (Lipinski definition) is 4. The molecule has 0 unspecified atom stereocenters. The molecule has 0 aliphatic heterocycles. The number of hydrogen-bond donors (Lipinski definition) is 0. The molecule has 4 heteroatoms. The molecule has 2 rings (SSSR count). The average Bonchev–Trinajstić information content (AvgIpc) is 2.69. The summed E-state index contributed by atoms with van der Waals surface area (Å²) in [6.45, 7) is 8.59. The van der Waals surface area contributed by atoms with Crippen LogP contribution >= 0.6 is 0 Å². The molecule has 0 spiro atoms. The molecule has 2 aromatic carbocycles. The molecule has 0 fully saturated rings. The highest BCUT2D eigenvalue weighted by Crippen LogP contribution is 2.33. The Morgan fingerprint density at radius 2 is 1.04 bits per heavy atom. The van der Waals surface area contributed by atoms with Gasteiger partial charge in [0.25, 0.3) is 0 Å². The Bertz CT molecular complexity index is 664. The van der Waals surface area contributed by atoms with Gasteiger partial charge >= 0.3 is 0 Å². The first kappa shape index (κ1) is 20.4. The van der Waals surface area contributed by atoms with Gasteiger partial charge in [-0.2, -0.15) is 0 Å². The van der Waals surface area contributed by atoms with Crippen LogP contribution in [0.2, 0.25) is 0 Å². The van der Waals surface area contributed by atoms with Gasteiger partial charge in [-0.15, -0.1) is 0 Å². The third kappa shape index (κ3) is 6.10. The van der Waals surface area contributed by atoms with Crippen LogP contribution < -0.4 is 9.47 Å². The van der Waals surface area contributed by atoms with Gasteiger partial charge in [-0.25, -0.2) is 0 Å². The Morgan fingerprint density at radius 3 is 1.37 bits per heavy atom. The van der Waals surface area contributed by atoms with E-state index in [9.17, 15) is 0 Å². The highest BCUT2D eigenvalue weighted by Gasteiger charge is 2.23. The van der Waals surface area contributed by atoms with E-state index in [1.54, 1.807) is 12.5 Å². The van der Waals surface area contributed by atoms with Crippen molar-refractivity contribution in [2.24, 2.45) is 0 Å². The van der Waals surface area contributed by atoms with E-state index >= 15 is 0 Å². The fourth-order valence-electron chi connectivity index (χ4n) is 2.58. The zero-order valence-electron chi connectivity index (χ0n) is 16.5. The van der Waals surface area contributed by atoms with Crippen molar-refractivity contribution in [1.29, 1.82) is 0 Å². The molecule has 0 aliphatic carbocycles. The molecule has 0 atom stereocenters. The molecule has 0 saturated carbocycles. The van der Waals surface area contributed by atoms with Crippen LogP contribution in [0.1, 0.15) is 38.8 Å². The monoisotopic (exact) mass is 368 g/mol. The van der Waals surface area contributed by atoms with Crippen molar-refractivity contribution >= 4 is 0 Å². The van der Waals surface area contributed by atoms with E-state index in [-0.39, 0.29) is 19.0 Å². The molecule has 0 heterocycles. The summed E-state index contributed by atoms with van der Waals surface area (Å²) in [6, 6.07) is 16.2. The van der Waals surface area contributed by atoms with Gasteiger partial charge in [-0.3, -0.25) is 0 Å². The molecule has 0 aromatic heterocycles. The van der Waals surface area contributed by atoms with E-state index in [0.717, 1.165) is 11.5 Å². The minimum Gasteiger partial charge on any atom is -0.465 e. The fourth-order valence-corrected chi connectivity index (χ4v) is 2.58. The third-order valence-corrected chi connectivity index (χ3v) is 4.20. The zero-order chi connectivity index (χ0) is 19.5. The van der Waals surface area contributed by atoms with Crippen LogP contribution in [0.25, 0.3) is 0 Å². The Hall–Kier alpha value is -2.88. The van der Waals surface area contributed by atoms with Crippen molar-refractivity contribution in [3.63, 3.8) is 0 Å². The second-order valence-corrected chi connectivity index (χ2v) is 6.47. The molecule has 27 heavy (non-hydrogen) atoms. The summed E-state index contributed by atoms with van der Waals surface area (Å²) in [6.07, 6.45) is 6.86. The summed E-state index contributed by atoms with van der Waals surface area (Å²) in [4.78, 5) is 0. The second-order valence-electron chi connectivity index (χ2n) is 6.47. The lowest BCUT2D eigenvalue weighted by Gasteiger charge is -2.26. The molecule has 0 aliphatic rings. The third-order valence-electron chi connectivity index (χ3n) is 4.20. The summed E-state index contributed by atoms with van der Waals surface area (Å²) in [5, 5.41) is 0. The van der Waals surface area contributed by atoms with E-state index in [4.69, 9.17) is 18.9 Å². The quantitative estimate of drug-likeness (QED) is 0.302. The number of benzene rings is 2. The van der Waals surface area contributed by atoms with Crippen molar-refractivity contribution in [2.45, 2.75) is 33.1 Å². The van der Waals surface area contributed by atoms with Gasteiger partial charge < -0.3 is 18.9 Å². The lowest BCUT2D eigenvalue weighted by molar-refractivity contribution is 0.0797. The van der Waals surface area contributed by atoms with Crippen LogP contribution in [-0.2, 0) is 14.9 Å². The van der Waals surface area contributed by atoms with Crippen LogP contribution in [-0.4, -0.2) is 13.6 Å². The molecular formula is C23H28O4. The fraction of sp³-hybridized carbons (Fsp3) is 0.304. The van der Waals surface area contributed by atoms with E-state index in [2.05, 4.69) is 38.1 Å². The van der Waals surface area contributed by atoms with Gasteiger partial charge in [0, 0.05) is 5.41 Å². The SMILES string of the molecule is CC=COCOc1ccc(C(C)(C)c2ccc(OCOC=CC)cc2)cc1. The Labute approximate surface area is 162 Å². The Balaban J connectivity index is 1.99. The van der Waals surface area contributed by atoms with E-state index in [1.807, 2.05) is 50.3 Å². The van der Waals surface area contributed by atoms with Gasteiger partial charge in [0.15, 0.2) is 0 Å². The lowest BCUT2D eigenvalue weighted by Crippen LogP contribution is -2.18. The maximum atomic E-state index is 5.55. The van der Waals surface area contributed by atoms with E-state index in [1.165, 1.54) is 11.1 Å². The Kier molecular flexibility index (Phi) is 7.80. The first-order valence-corrected chi connectivity index (χ1v) is 9.00. The molecule has 0 saturated heterocycles. The molecule has 2 aromatic rings. The van der Waals surface area contributed by atoms with Gasteiger partial charge in [-0.1, -0.05) is 50.3 Å². The van der Waals surface area contributed by atoms with Crippen LogP contribution in [0.15, 0.2) is 73.2 Å². The van der Waals surface area contributed by atoms with Gasteiger partial charge in [-0.05, 0) is 49.2 Å². The van der Waals surface area contributed by atoms with Crippen LogP contribution in [0.5, 0.6) is 11.5 Å². The summed E-state index contributed by atoms with van der Waals surface area (Å²) in [7, 11) is 0. The predicted molar refractivity (Wildman–Crippen MR) is 108 cm³/mol. The molecule has 0 amide bonds. The summed E-state index contributed by atoms with van der Waals surface area (Å²) in [5.74, 6) is 1.56. The summed E-state index contributed by atoms with van der Waals surface area (Å²) in [5.41, 5.74) is 2.27. The second kappa shape index (κ2) is 10.3. The maximum absolute atomic E-state index is 5.55. The van der Waals surface area contributed by atoms with Gasteiger partial charge in [0.2, 0.25) is 13.6 Å². The number of rotatable bonds is 10. The topological polar surface area (TPSA) is 36.9 Å². The maximum Gasteiger partial charge on any atom is 0.229 e. The van der Waals surface area contributed by atoms with Crippen molar-refractivity contribution in [3.05, 3.63) is 84.3 Å². The first-order valence-electron chi connectivity index (χ1n) is 9.00. The van der Waals surface area contributed by atoms with Crippen molar-refractivity contribution in [2.75, 3.05) is 13.6 Å². The lowest BCUT2D eigenvalue weighted by atomic mass is 9.78. The minimum absolute atomic E-state index is 0.139. The molecule has 144 valence electrons. The highest BCUT2D eigenvalue weighted by atomic mass is 16.7. The highest BCUT2D eigenvalue weighted by molar-refractivity contribution is 5.41. The van der Waals surface area contributed by atoms with Gasteiger partial charge in [0.05, 0.1) is 12.5 Å². The van der Waals surface area contributed by atoms with Crippen molar-refractivity contribution in [3.8, 4) is 11.5 Å². The van der Waals surface area contributed by atoms with Crippen LogP contribution in [0.4, 0.5) is 0 Å². The van der Waals surface area contributed by atoms with Crippen LogP contribution in [0.3, 0.4) is 0 Å². The van der Waals surface area contributed by atoms with Crippen molar-refractivity contribution in [1.82, 2.24) is 0 Å². The van der Waals surface area contributed by atoms with Crippen LogP contribution in [0, 0.1) is 0 Å². The zero-order valence-corrected chi connectivity index (χ0v) is 16.5. The molecule has 4 nitrogen and oxygen atoms in total. The van der Waals surface area contributed by atoms with Crippen molar-refractivity contribution < 1.29 is 18.9 Å². The van der Waals surface area contributed by atoms with E-state index in [0.29, 0.717) is 0 Å². The number of allylic oxidation sites excluding steroid dienone is 2. The standard InChI is InChI=1S/C23H28O4/c1-5-15-24-17-26-21-11-7-19(8-12-21)23(3,4)20-9-13-22(14-10-20)27-18-25-16-6-2/h5-16H,17-18H2,1-4H3. The molecule has 0 radical (unpaired) electrons. The summed E-state index contributed by atoms with van der Waals surface area (Å²) < 4.78 is 21.4. The number of ether oxygens (including phenoxy) is 4. The molecular weight excluding hydrogens is 340 g/mol. The average molecular weight is 368 g/mol. The smallest absolute Gasteiger partial charge is 0.229 e. The Morgan fingerprint density at radius 1 is 0.667 bits per heavy atom. The van der Waals surface area contributed by atoms with E-state index < -0.39 is 0 Å². The first-order chi connectivity index (χ1) is 13.1. The summed E-state index contributed by atoms with van der Waals surface area (Å²) >= 11 is 0. The minimum atomic E-state index is -0.139. The normalized spacial score (nSPS) is 11.7. The predicted octanol–water partition coefficient (Wildman–Crippen LogP) is 5.79. The molecule has 0 N–H and O–H groups in total. The largest absolute Gasteiger partial charge is 0.465 e.